The molecule has 1 aromatic carbocycles. The predicted octanol–water partition coefficient (Wildman–Crippen LogP) is 3.12. The lowest BCUT2D eigenvalue weighted by Crippen LogP contribution is -2.45. The first-order valence-electron chi connectivity index (χ1n) is 8.74. The Balaban J connectivity index is 1.53. The number of hydrogen-bond donors (Lipinski definition) is 0. The van der Waals surface area contributed by atoms with Crippen molar-refractivity contribution in [3.05, 3.63) is 60.1 Å². The maximum atomic E-state index is 13.0. The van der Waals surface area contributed by atoms with Crippen LogP contribution in [-0.2, 0) is 11.3 Å². The van der Waals surface area contributed by atoms with Gasteiger partial charge in [-0.2, -0.15) is 0 Å². The molecule has 2 saturated heterocycles. The SMILES string of the molecule is CN1CC(c2ccccc2)C2(CCN(Cc3ccco3)CC2)C1=O. The first kappa shape index (κ1) is 15.5. The standard InChI is InChI=1S/C20H24N2O2/c1-21-15-18(16-6-3-2-4-7-16)20(19(21)23)9-11-22(12-10-20)14-17-8-5-13-24-17/h2-8,13,18H,9-12,14-15H2,1H3. The summed E-state index contributed by atoms with van der Waals surface area (Å²) in [6.45, 7) is 3.57. The fourth-order valence-electron chi connectivity index (χ4n) is 4.47. The molecule has 0 N–H and O–H groups in total. The highest BCUT2D eigenvalue weighted by molar-refractivity contribution is 5.86. The van der Waals surface area contributed by atoms with E-state index < -0.39 is 0 Å². The number of nitrogens with zero attached hydrogens (tertiary/aromatic N) is 2. The van der Waals surface area contributed by atoms with Crippen molar-refractivity contribution in [2.24, 2.45) is 5.41 Å². The highest BCUT2D eigenvalue weighted by Gasteiger charge is 2.54. The van der Waals surface area contributed by atoms with Crippen molar-refractivity contribution < 1.29 is 9.21 Å². The van der Waals surface area contributed by atoms with Crippen LogP contribution in [0.1, 0.15) is 30.1 Å². The lowest BCUT2D eigenvalue weighted by molar-refractivity contribution is -0.137. The molecular weight excluding hydrogens is 300 g/mol. The van der Waals surface area contributed by atoms with Crippen molar-refractivity contribution in [3.63, 3.8) is 0 Å². The summed E-state index contributed by atoms with van der Waals surface area (Å²) >= 11 is 0. The van der Waals surface area contributed by atoms with Crippen molar-refractivity contribution in [1.82, 2.24) is 9.80 Å². The normalized spacial score (nSPS) is 24.0. The van der Waals surface area contributed by atoms with Crippen LogP contribution in [0.25, 0.3) is 0 Å². The van der Waals surface area contributed by atoms with Crippen molar-refractivity contribution in [3.8, 4) is 0 Å². The molecule has 126 valence electrons. The van der Waals surface area contributed by atoms with Crippen LogP contribution < -0.4 is 0 Å². The minimum atomic E-state index is -0.226. The van der Waals surface area contributed by atoms with Gasteiger partial charge in [0.2, 0.25) is 5.91 Å². The molecule has 2 fully saturated rings. The Kier molecular flexibility index (Phi) is 3.93. The zero-order valence-corrected chi connectivity index (χ0v) is 14.1. The van der Waals surface area contributed by atoms with Gasteiger partial charge in [-0.15, -0.1) is 0 Å². The summed E-state index contributed by atoms with van der Waals surface area (Å²) in [7, 11) is 1.95. The van der Waals surface area contributed by atoms with E-state index in [1.807, 2.05) is 30.1 Å². The minimum absolute atomic E-state index is 0.226. The van der Waals surface area contributed by atoms with Crippen molar-refractivity contribution in [2.45, 2.75) is 25.3 Å². The number of furan rings is 1. The Morgan fingerprint density at radius 2 is 1.88 bits per heavy atom. The Hall–Kier alpha value is -2.07. The van der Waals surface area contributed by atoms with E-state index in [-0.39, 0.29) is 5.41 Å². The molecule has 0 radical (unpaired) electrons. The molecule has 0 saturated carbocycles. The van der Waals surface area contributed by atoms with E-state index in [4.69, 9.17) is 4.42 Å². The third-order valence-corrected chi connectivity index (χ3v) is 5.81. The summed E-state index contributed by atoms with van der Waals surface area (Å²) in [5.41, 5.74) is 1.07. The predicted molar refractivity (Wildman–Crippen MR) is 92.5 cm³/mol. The Bertz CT molecular complexity index is 688. The van der Waals surface area contributed by atoms with Gasteiger partial charge in [-0.05, 0) is 43.6 Å². The monoisotopic (exact) mass is 324 g/mol. The number of carbonyl (C=O) groups is 1. The summed E-state index contributed by atoms with van der Waals surface area (Å²) in [6, 6.07) is 14.5. The number of piperidine rings is 1. The average molecular weight is 324 g/mol. The summed E-state index contributed by atoms with van der Waals surface area (Å²) in [6.07, 6.45) is 3.58. The van der Waals surface area contributed by atoms with E-state index in [1.165, 1.54) is 5.56 Å². The van der Waals surface area contributed by atoms with E-state index in [1.54, 1.807) is 6.26 Å². The van der Waals surface area contributed by atoms with Crippen molar-refractivity contribution in [1.29, 1.82) is 0 Å². The van der Waals surface area contributed by atoms with Crippen LogP contribution in [0.2, 0.25) is 0 Å². The van der Waals surface area contributed by atoms with Gasteiger partial charge < -0.3 is 9.32 Å². The van der Waals surface area contributed by atoms with Gasteiger partial charge in [-0.3, -0.25) is 9.69 Å². The molecule has 1 aromatic heterocycles. The van der Waals surface area contributed by atoms with Crippen LogP contribution in [0.3, 0.4) is 0 Å². The number of amides is 1. The van der Waals surface area contributed by atoms with Crippen LogP contribution in [0.5, 0.6) is 0 Å². The number of likely N-dealkylation sites (tertiary alicyclic amines) is 2. The quantitative estimate of drug-likeness (QED) is 0.870. The fourth-order valence-corrected chi connectivity index (χ4v) is 4.47. The lowest BCUT2D eigenvalue weighted by Gasteiger charge is -2.41. The molecule has 0 bridgehead atoms. The number of carbonyl (C=O) groups excluding carboxylic acids is 1. The highest BCUT2D eigenvalue weighted by Crippen LogP contribution is 2.50. The molecule has 1 atom stereocenters. The van der Waals surface area contributed by atoms with Crippen molar-refractivity contribution in [2.75, 3.05) is 26.7 Å². The number of likely N-dealkylation sites (N-methyl/N-ethyl adjacent to an activating group) is 1. The van der Waals surface area contributed by atoms with Gasteiger partial charge in [0.05, 0.1) is 18.2 Å². The zero-order valence-electron chi connectivity index (χ0n) is 14.1. The Labute approximate surface area is 143 Å². The number of benzene rings is 1. The van der Waals surface area contributed by atoms with Gasteiger partial charge in [-0.25, -0.2) is 0 Å². The first-order chi connectivity index (χ1) is 11.7. The average Bonchev–Trinajstić information content (AvgIpc) is 3.21. The van der Waals surface area contributed by atoms with Crippen LogP contribution >= 0.6 is 0 Å². The second-order valence-corrected chi connectivity index (χ2v) is 7.16. The molecule has 24 heavy (non-hydrogen) atoms. The molecule has 1 unspecified atom stereocenters. The molecule has 4 rings (SSSR count). The van der Waals surface area contributed by atoms with Gasteiger partial charge in [0.1, 0.15) is 5.76 Å². The van der Waals surface area contributed by atoms with Crippen LogP contribution in [0, 0.1) is 5.41 Å². The fraction of sp³-hybridized carbons (Fsp3) is 0.450. The summed E-state index contributed by atoms with van der Waals surface area (Å²) in [5, 5.41) is 0. The molecule has 4 heteroatoms. The van der Waals surface area contributed by atoms with E-state index in [0.29, 0.717) is 11.8 Å². The zero-order chi connectivity index (χ0) is 16.6. The molecule has 2 aliphatic rings. The highest BCUT2D eigenvalue weighted by atomic mass is 16.3. The first-order valence-corrected chi connectivity index (χ1v) is 8.74. The number of rotatable bonds is 3. The van der Waals surface area contributed by atoms with Crippen LogP contribution in [0.15, 0.2) is 53.1 Å². The molecule has 1 amide bonds. The maximum absolute atomic E-state index is 13.0. The molecule has 4 nitrogen and oxygen atoms in total. The molecule has 1 spiro atoms. The van der Waals surface area contributed by atoms with E-state index in [2.05, 4.69) is 29.2 Å². The second kappa shape index (κ2) is 6.10. The van der Waals surface area contributed by atoms with E-state index >= 15 is 0 Å². The Morgan fingerprint density at radius 3 is 2.54 bits per heavy atom. The summed E-state index contributed by atoms with van der Waals surface area (Å²) in [4.78, 5) is 17.3. The molecular formula is C20H24N2O2. The molecule has 3 heterocycles. The smallest absolute Gasteiger partial charge is 0.229 e. The third-order valence-electron chi connectivity index (χ3n) is 5.81. The molecule has 0 aliphatic carbocycles. The van der Waals surface area contributed by atoms with Crippen LogP contribution in [-0.4, -0.2) is 42.4 Å². The maximum Gasteiger partial charge on any atom is 0.229 e. The molecule has 2 aliphatic heterocycles. The largest absolute Gasteiger partial charge is 0.468 e. The van der Waals surface area contributed by atoms with E-state index in [0.717, 1.165) is 44.8 Å². The summed E-state index contributed by atoms with van der Waals surface area (Å²) in [5.74, 6) is 1.64. The van der Waals surface area contributed by atoms with Crippen LogP contribution in [0.4, 0.5) is 0 Å². The van der Waals surface area contributed by atoms with E-state index in [9.17, 15) is 4.79 Å². The lowest BCUT2D eigenvalue weighted by atomic mass is 9.68. The molecule has 2 aromatic rings. The Morgan fingerprint density at radius 1 is 1.12 bits per heavy atom. The topological polar surface area (TPSA) is 36.7 Å². The van der Waals surface area contributed by atoms with Gasteiger partial charge in [0, 0.05) is 19.5 Å². The minimum Gasteiger partial charge on any atom is -0.468 e. The third kappa shape index (κ3) is 2.55. The number of hydrogen-bond acceptors (Lipinski definition) is 3. The summed E-state index contributed by atoms with van der Waals surface area (Å²) < 4.78 is 5.47. The van der Waals surface area contributed by atoms with Gasteiger partial charge in [0.25, 0.3) is 0 Å². The van der Waals surface area contributed by atoms with Gasteiger partial charge in [-0.1, -0.05) is 30.3 Å². The van der Waals surface area contributed by atoms with Gasteiger partial charge in [0.15, 0.2) is 0 Å². The second-order valence-electron chi connectivity index (χ2n) is 7.16. The van der Waals surface area contributed by atoms with Crippen molar-refractivity contribution >= 4 is 5.91 Å². The van der Waals surface area contributed by atoms with Gasteiger partial charge >= 0.3 is 0 Å².